The molecule has 0 bridgehead atoms. The van der Waals surface area contributed by atoms with Gasteiger partial charge in [-0.2, -0.15) is 0 Å². The van der Waals surface area contributed by atoms with Crippen LogP contribution in [0.25, 0.3) is 0 Å². The van der Waals surface area contributed by atoms with E-state index in [1.54, 1.807) is 6.07 Å². The molecule has 1 amide bonds. The molecule has 4 nitrogen and oxygen atoms in total. The van der Waals surface area contributed by atoms with Crippen molar-refractivity contribution < 1.29 is 4.79 Å². The highest BCUT2D eigenvalue weighted by Crippen LogP contribution is 2.26. The van der Waals surface area contributed by atoms with E-state index in [-0.39, 0.29) is 11.9 Å². The van der Waals surface area contributed by atoms with Gasteiger partial charge in [-0.1, -0.05) is 30.3 Å². The van der Waals surface area contributed by atoms with Crippen LogP contribution in [0.15, 0.2) is 48.5 Å². The number of nitrogens with two attached hydrogens (primary N) is 1. The van der Waals surface area contributed by atoms with Gasteiger partial charge in [-0.3, -0.25) is 4.79 Å². The number of rotatable bonds is 5. The summed E-state index contributed by atoms with van der Waals surface area (Å²) in [5, 5.41) is 6.36. The number of hydrogen-bond acceptors (Lipinski definition) is 3. The molecule has 114 valence electrons. The molecule has 0 saturated heterocycles. The zero-order chi connectivity index (χ0) is 15.5. The van der Waals surface area contributed by atoms with E-state index >= 15 is 0 Å². The van der Waals surface area contributed by atoms with Gasteiger partial charge in [0.25, 0.3) is 5.91 Å². The smallest absolute Gasteiger partial charge is 0.251 e. The Kier molecular flexibility index (Phi) is 4.00. The largest absolute Gasteiger partial charge is 0.397 e. The maximum atomic E-state index is 12.0. The Bertz CT molecular complexity index is 665. The molecule has 1 aliphatic rings. The standard InChI is InChI=1S/C18H21N3O/c1-12(13-5-3-2-4-6-13)20-17-10-7-14(11-16(17)19)18(22)21-15-8-9-15/h2-7,10-12,15,20H,8-9,19H2,1H3,(H,21,22)/t12-/m0/s1. The molecule has 3 rings (SSSR count). The lowest BCUT2D eigenvalue weighted by Gasteiger charge is -2.17. The van der Waals surface area contributed by atoms with E-state index in [0.717, 1.165) is 18.5 Å². The van der Waals surface area contributed by atoms with E-state index in [1.807, 2.05) is 30.3 Å². The van der Waals surface area contributed by atoms with E-state index in [0.29, 0.717) is 17.3 Å². The number of anilines is 2. The molecule has 0 radical (unpaired) electrons. The van der Waals surface area contributed by atoms with Crippen molar-refractivity contribution in [2.75, 3.05) is 11.1 Å². The van der Waals surface area contributed by atoms with E-state index in [9.17, 15) is 4.79 Å². The number of nitrogens with one attached hydrogen (secondary N) is 2. The molecule has 2 aromatic carbocycles. The zero-order valence-corrected chi connectivity index (χ0v) is 12.7. The average Bonchev–Trinajstić information content (AvgIpc) is 3.34. The van der Waals surface area contributed by atoms with Crippen LogP contribution in [0.2, 0.25) is 0 Å². The first kappa shape index (κ1) is 14.4. The van der Waals surface area contributed by atoms with Crippen LogP contribution < -0.4 is 16.4 Å². The van der Waals surface area contributed by atoms with Crippen molar-refractivity contribution in [3.63, 3.8) is 0 Å². The van der Waals surface area contributed by atoms with Crippen molar-refractivity contribution in [3.05, 3.63) is 59.7 Å². The number of carbonyl (C=O) groups is 1. The van der Waals surface area contributed by atoms with Gasteiger partial charge in [0.1, 0.15) is 0 Å². The van der Waals surface area contributed by atoms with Crippen molar-refractivity contribution in [1.82, 2.24) is 5.32 Å². The van der Waals surface area contributed by atoms with Crippen molar-refractivity contribution >= 4 is 17.3 Å². The van der Waals surface area contributed by atoms with E-state index in [2.05, 4.69) is 29.7 Å². The molecular formula is C18H21N3O. The Morgan fingerprint density at radius 2 is 1.91 bits per heavy atom. The first-order chi connectivity index (χ1) is 10.6. The first-order valence-electron chi connectivity index (χ1n) is 7.65. The molecule has 0 aliphatic heterocycles. The quantitative estimate of drug-likeness (QED) is 0.741. The average molecular weight is 295 g/mol. The second-order valence-electron chi connectivity index (χ2n) is 5.83. The molecule has 0 aromatic heterocycles. The van der Waals surface area contributed by atoms with Gasteiger partial charge in [0.2, 0.25) is 0 Å². The molecule has 0 spiro atoms. The molecule has 1 fully saturated rings. The van der Waals surface area contributed by atoms with Crippen molar-refractivity contribution in [2.45, 2.75) is 31.8 Å². The van der Waals surface area contributed by atoms with Crippen LogP contribution in [-0.4, -0.2) is 11.9 Å². The topological polar surface area (TPSA) is 67.2 Å². The predicted octanol–water partition coefficient (Wildman–Crippen LogP) is 3.33. The Labute approximate surface area is 130 Å². The summed E-state index contributed by atoms with van der Waals surface area (Å²) in [6.07, 6.45) is 2.16. The fourth-order valence-electron chi connectivity index (χ4n) is 2.39. The molecule has 4 heteroatoms. The highest BCUT2D eigenvalue weighted by Gasteiger charge is 2.24. The number of nitrogen functional groups attached to an aromatic ring is 1. The van der Waals surface area contributed by atoms with E-state index in [1.165, 1.54) is 5.56 Å². The van der Waals surface area contributed by atoms with Gasteiger partial charge in [-0.15, -0.1) is 0 Å². The zero-order valence-electron chi connectivity index (χ0n) is 12.7. The van der Waals surface area contributed by atoms with Crippen molar-refractivity contribution in [1.29, 1.82) is 0 Å². The highest BCUT2D eigenvalue weighted by molar-refractivity contribution is 5.96. The van der Waals surface area contributed by atoms with Gasteiger partial charge in [-0.25, -0.2) is 0 Å². The third-order valence-electron chi connectivity index (χ3n) is 3.90. The van der Waals surface area contributed by atoms with Gasteiger partial charge in [0, 0.05) is 17.6 Å². The number of amides is 1. The summed E-state index contributed by atoms with van der Waals surface area (Å²) in [6.45, 7) is 2.09. The van der Waals surface area contributed by atoms with Gasteiger partial charge < -0.3 is 16.4 Å². The van der Waals surface area contributed by atoms with Crippen LogP contribution >= 0.6 is 0 Å². The highest BCUT2D eigenvalue weighted by atomic mass is 16.1. The molecule has 2 aromatic rings. The minimum atomic E-state index is -0.0446. The summed E-state index contributed by atoms with van der Waals surface area (Å²) in [7, 11) is 0. The minimum Gasteiger partial charge on any atom is -0.397 e. The van der Waals surface area contributed by atoms with E-state index < -0.39 is 0 Å². The summed E-state index contributed by atoms with van der Waals surface area (Å²) >= 11 is 0. The van der Waals surface area contributed by atoms with Crippen LogP contribution in [0.5, 0.6) is 0 Å². The summed E-state index contributed by atoms with van der Waals surface area (Å²) in [5.41, 5.74) is 9.33. The molecule has 0 heterocycles. The molecule has 1 atom stereocenters. The normalized spacial score (nSPS) is 15.1. The van der Waals surface area contributed by atoms with Crippen LogP contribution in [0.4, 0.5) is 11.4 Å². The lowest BCUT2D eigenvalue weighted by molar-refractivity contribution is 0.0951. The van der Waals surface area contributed by atoms with Gasteiger partial charge in [-0.05, 0) is 43.5 Å². The summed E-state index contributed by atoms with van der Waals surface area (Å²) < 4.78 is 0. The number of benzene rings is 2. The predicted molar refractivity (Wildman–Crippen MR) is 89.8 cm³/mol. The summed E-state index contributed by atoms with van der Waals surface area (Å²) in [6, 6.07) is 16.1. The van der Waals surface area contributed by atoms with Gasteiger partial charge in [0.05, 0.1) is 11.4 Å². The first-order valence-corrected chi connectivity index (χ1v) is 7.65. The Balaban J connectivity index is 1.70. The van der Waals surface area contributed by atoms with Crippen LogP contribution in [0, 0.1) is 0 Å². The third kappa shape index (κ3) is 3.39. The third-order valence-corrected chi connectivity index (χ3v) is 3.90. The number of carbonyl (C=O) groups excluding carboxylic acids is 1. The monoisotopic (exact) mass is 295 g/mol. The summed E-state index contributed by atoms with van der Waals surface area (Å²) in [4.78, 5) is 12.0. The second-order valence-corrected chi connectivity index (χ2v) is 5.83. The fraction of sp³-hybridized carbons (Fsp3) is 0.278. The molecule has 22 heavy (non-hydrogen) atoms. The maximum Gasteiger partial charge on any atom is 0.251 e. The minimum absolute atomic E-state index is 0.0446. The molecule has 1 saturated carbocycles. The Hall–Kier alpha value is -2.49. The fourth-order valence-corrected chi connectivity index (χ4v) is 2.39. The van der Waals surface area contributed by atoms with E-state index in [4.69, 9.17) is 5.73 Å². The van der Waals surface area contributed by atoms with Crippen LogP contribution in [0.3, 0.4) is 0 Å². The SMILES string of the molecule is C[C@H](Nc1ccc(C(=O)NC2CC2)cc1N)c1ccccc1. The second kappa shape index (κ2) is 6.10. The number of hydrogen-bond donors (Lipinski definition) is 3. The molecule has 1 aliphatic carbocycles. The molecule has 4 N–H and O–H groups in total. The van der Waals surface area contributed by atoms with Crippen LogP contribution in [-0.2, 0) is 0 Å². The van der Waals surface area contributed by atoms with Gasteiger partial charge in [0.15, 0.2) is 0 Å². The molecular weight excluding hydrogens is 274 g/mol. The lowest BCUT2D eigenvalue weighted by atomic mass is 10.1. The molecule has 0 unspecified atom stereocenters. The van der Waals surface area contributed by atoms with Crippen LogP contribution in [0.1, 0.15) is 41.7 Å². The van der Waals surface area contributed by atoms with Crippen molar-refractivity contribution in [2.24, 2.45) is 0 Å². The Morgan fingerprint density at radius 1 is 1.18 bits per heavy atom. The maximum absolute atomic E-state index is 12.0. The summed E-state index contributed by atoms with van der Waals surface area (Å²) in [5.74, 6) is -0.0446. The van der Waals surface area contributed by atoms with Crippen molar-refractivity contribution in [3.8, 4) is 0 Å². The Morgan fingerprint density at radius 3 is 2.55 bits per heavy atom. The lowest BCUT2D eigenvalue weighted by Crippen LogP contribution is -2.25. The van der Waals surface area contributed by atoms with Gasteiger partial charge >= 0.3 is 0 Å².